The van der Waals surface area contributed by atoms with Crippen molar-refractivity contribution in [3.63, 3.8) is 0 Å². The summed E-state index contributed by atoms with van der Waals surface area (Å²) in [7, 11) is 0. The highest BCUT2D eigenvalue weighted by molar-refractivity contribution is 5.95. The van der Waals surface area contributed by atoms with E-state index in [4.69, 9.17) is 5.73 Å². The van der Waals surface area contributed by atoms with Gasteiger partial charge in [0.2, 0.25) is 5.91 Å². The zero-order valence-electron chi connectivity index (χ0n) is 17.5. The van der Waals surface area contributed by atoms with Gasteiger partial charge in [-0.3, -0.25) is 19.1 Å². The van der Waals surface area contributed by atoms with Gasteiger partial charge in [0, 0.05) is 13.0 Å². The molecule has 0 saturated heterocycles. The first kappa shape index (κ1) is 20.4. The lowest BCUT2D eigenvalue weighted by Gasteiger charge is -2.27. The number of carbonyl (C=O) groups is 1. The highest BCUT2D eigenvalue weighted by Gasteiger charge is 2.41. The predicted octanol–water partition coefficient (Wildman–Crippen LogP) is 2.74. The van der Waals surface area contributed by atoms with Gasteiger partial charge in [-0.2, -0.15) is 0 Å². The number of fused-ring (bicyclic) bond motifs is 2. The molecule has 2 aliphatic carbocycles. The SMILES string of the molecule is CCCN(C(=O)C[C@H]1C[C@H]2CC[C@H]1C2)c1c(N)n(Cc2ccccc2)c(=O)[nH]c1=O. The number of nitrogens with one attached hydrogen (secondary N) is 1. The number of aromatic nitrogens is 2. The van der Waals surface area contributed by atoms with Crippen molar-refractivity contribution in [3.8, 4) is 0 Å². The average Bonchev–Trinajstić information content (AvgIpc) is 3.34. The Bertz CT molecular complexity index is 1030. The van der Waals surface area contributed by atoms with Crippen LogP contribution in [0, 0.1) is 17.8 Å². The maximum absolute atomic E-state index is 13.3. The largest absolute Gasteiger partial charge is 0.383 e. The van der Waals surface area contributed by atoms with E-state index in [-0.39, 0.29) is 24.0 Å². The number of amides is 1. The average molecular weight is 411 g/mol. The third kappa shape index (κ3) is 3.93. The molecule has 0 aliphatic heterocycles. The molecule has 0 unspecified atom stereocenters. The molecule has 2 saturated carbocycles. The molecule has 7 nitrogen and oxygen atoms in total. The Morgan fingerprint density at radius 1 is 1.20 bits per heavy atom. The molecule has 0 spiro atoms. The molecule has 3 N–H and O–H groups in total. The molecule has 1 amide bonds. The Kier molecular flexibility index (Phi) is 5.79. The molecule has 2 aromatic rings. The summed E-state index contributed by atoms with van der Waals surface area (Å²) in [5.41, 5.74) is 6.14. The molecular formula is C23H30N4O3. The summed E-state index contributed by atoms with van der Waals surface area (Å²) in [5.74, 6) is 1.75. The number of hydrogen-bond acceptors (Lipinski definition) is 4. The zero-order valence-corrected chi connectivity index (χ0v) is 17.5. The van der Waals surface area contributed by atoms with Crippen LogP contribution in [0.1, 0.15) is 51.0 Å². The van der Waals surface area contributed by atoms with Crippen LogP contribution in [0.4, 0.5) is 11.5 Å². The first-order valence-corrected chi connectivity index (χ1v) is 10.9. The lowest BCUT2D eigenvalue weighted by molar-refractivity contribution is -0.119. The molecule has 30 heavy (non-hydrogen) atoms. The first-order valence-electron chi connectivity index (χ1n) is 10.9. The lowest BCUT2D eigenvalue weighted by Crippen LogP contribution is -2.42. The van der Waals surface area contributed by atoms with Gasteiger partial charge in [0.15, 0.2) is 5.69 Å². The van der Waals surface area contributed by atoms with Crippen LogP contribution in [-0.4, -0.2) is 22.0 Å². The molecule has 2 bridgehead atoms. The molecular weight excluding hydrogens is 380 g/mol. The van der Waals surface area contributed by atoms with Crippen molar-refractivity contribution in [3.05, 3.63) is 56.7 Å². The van der Waals surface area contributed by atoms with Gasteiger partial charge < -0.3 is 10.6 Å². The molecule has 0 radical (unpaired) electrons. The second kappa shape index (κ2) is 8.50. The molecule has 2 fully saturated rings. The summed E-state index contributed by atoms with van der Waals surface area (Å²) < 4.78 is 1.33. The van der Waals surface area contributed by atoms with E-state index in [9.17, 15) is 14.4 Å². The number of anilines is 2. The number of nitrogens with zero attached hydrogens (tertiary/aromatic N) is 2. The molecule has 1 aromatic carbocycles. The number of carbonyl (C=O) groups excluding carboxylic acids is 1. The first-order chi connectivity index (χ1) is 14.5. The topological polar surface area (TPSA) is 101 Å². The van der Waals surface area contributed by atoms with Crippen molar-refractivity contribution in [2.75, 3.05) is 17.2 Å². The fourth-order valence-corrected chi connectivity index (χ4v) is 5.31. The van der Waals surface area contributed by atoms with Crippen molar-refractivity contribution in [1.29, 1.82) is 0 Å². The lowest BCUT2D eigenvalue weighted by atomic mass is 9.86. The van der Waals surface area contributed by atoms with Crippen LogP contribution in [0.2, 0.25) is 0 Å². The second-order valence-electron chi connectivity index (χ2n) is 8.75. The van der Waals surface area contributed by atoms with E-state index in [1.54, 1.807) is 0 Å². The number of rotatable bonds is 7. The number of benzene rings is 1. The molecule has 1 aromatic heterocycles. The number of H-pyrrole nitrogens is 1. The maximum Gasteiger partial charge on any atom is 0.330 e. The van der Waals surface area contributed by atoms with Crippen LogP contribution >= 0.6 is 0 Å². The van der Waals surface area contributed by atoms with E-state index in [1.807, 2.05) is 37.3 Å². The number of aromatic amines is 1. The van der Waals surface area contributed by atoms with E-state index >= 15 is 0 Å². The van der Waals surface area contributed by atoms with E-state index in [0.717, 1.165) is 17.9 Å². The van der Waals surface area contributed by atoms with Crippen molar-refractivity contribution in [1.82, 2.24) is 9.55 Å². The Morgan fingerprint density at radius 2 is 1.97 bits per heavy atom. The zero-order chi connectivity index (χ0) is 21.3. The summed E-state index contributed by atoms with van der Waals surface area (Å²) in [5, 5.41) is 0. The van der Waals surface area contributed by atoms with Crippen LogP contribution in [-0.2, 0) is 11.3 Å². The van der Waals surface area contributed by atoms with Crippen LogP contribution in [0.3, 0.4) is 0 Å². The number of nitrogens with two attached hydrogens (primary N) is 1. The minimum absolute atomic E-state index is 0.0438. The van der Waals surface area contributed by atoms with E-state index in [0.29, 0.717) is 31.2 Å². The minimum atomic E-state index is -0.600. The van der Waals surface area contributed by atoms with Crippen LogP contribution in [0.5, 0.6) is 0 Å². The van der Waals surface area contributed by atoms with Gasteiger partial charge in [-0.15, -0.1) is 0 Å². The van der Waals surface area contributed by atoms with E-state index in [1.165, 1.54) is 28.7 Å². The molecule has 7 heteroatoms. The third-order valence-corrected chi connectivity index (χ3v) is 6.74. The summed E-state index contributed by atoms with van der Waals surface area (Å²) in [4.78, 5) is 42.3. The van der Waals surface area contributed by atoms with Gasteiger partial charge in [0.25, 0.3) is 5.56 Å². The van der Waals surface area contributed by atoms with Gasteiger partial charge in [0.05, 0.1) is 6.54 Å². The number of nitrogen functional groups attached to an aromatic ring is 1. The Morgan fingerprint density at radius 3 is 2.60 bits per heavy atom. The van der Waals surface area contributed by atoms with Crippen molar-refractivity contribution < 1.29 is 4.79 Å². The highest BCUT2D eigenvalue weighted by Crippen LogP contribution is 2.49. The van der Waals surface area contributed by atoms with E-state index in [2.05, 4.69) is 4.98 Å². The summed E-state index contributed by atoms with van der Waals surface area (Å²) in [6.07, 6.45) is 5.97. The third-order valence-electron chi connectivity index (χ3n) is 6.74. The molecule has 160 valence electrons. The Balaban J connectivity index is 1.65. The Labute approximate surface area is 175 Å². The van der Waals surface area contributed by atoms with Gasteiger partial charge in [0.1, 0.15) is 5.82 Å². The smallest absolute Gasteiger partial charge is 0.330 e. The van der Waals surface area contributed by atoms with Crippen LogP contribution in [0.15, 0.2) is 39.9 Å². The fraction of sp³-hybridized carbons (Fsp3) is 0.522. The molecule has 2 aliphatic rings. The second-order valence-corrected chi connectivity index (χ2v) is 8.75. The standard InChI is InChI=1S/C23H30N4O3/c1-2-10-26(19(28)13-18-12-16-8-9-17(18)11-16)20-21(24)27(23(30)25-22(20)29)14-15-6-4-3-5-7-15/h3-7,16-18H,2,8-14,24H2,1H3,(H,25,29,30)/t16-,17-,18+/m0/s1. The van der Waals surface area contributed by atoms with Gasteiger partial charge in [-0.1, -0.05) is 43.7 Å². The predicted molar refractivity (Wildman–Crippen MR) is 117 cm³/mol. The molecule has 4 rings (SSSR count). The van der Waals surface area contributed by atoms with Crippen molar-refractivity contribution in [2.45, 2.75) is 52.0 Å². The molecule has 1 heterocycles. The summed E-state index contributed by atoms with van der Waals surface area (Å²) >= 11 is 0. The maximum atomic E-state index is 13.3. The van der Waals surface area contributed by atoms with Gasteiger partial charge in [-0.25, -0.2) is 4.79 Å². The fourth-order valence-electron chi connectivity index (χ4n) is 5.31. The van der Waals surface area contributed by atoms with Crippen molar-refractivity contribution >= 4 is 17.4 Å². The summed E-state index contributed by atoms with van der Waals surface area (Å²) in [6, 6.07) is 9.43. The van der Waals surface area contributed by atoms with Crippen LogP contribution < -0.4 is 21.9 Å². The van der Waals surface area contributed by atoms with Gasteiger partial charge in [-0.05, 0) is 49.0 Å². The highest BCUT2D eigenvalue weighted by atomic mass is 16.2. The quantitative estimate of drug-likeness (QED) is 0.733. The van der Waals surface area contributed by atoms with Gasteiger partial charge >= 0.3 is 5.69 Å². The van der Waals surface area contributed by atoms with Crippen molar-refractivity contribution in [2.24, 2.45) is 17.8 Å². The monoisotopic (exact) mass is 410 g/mol. The number of hydrogen-bond donors (Lipinski definition) is 2. The normalized spacial score (nSPS) is 22.4. The Hall–Kier alpha value is -2.83. The minimum Gasteiger partial charge on any atom is -0.383 e. The van der Waals surface area contributed by atoms with E-state index < -0.39 is 11.2 Å². The van der Waals surface area contributed by atoms with Crippen LogP contribution in [0.25, 0.3) is 0 Å². The molecule has 3 atom stereocenters. The summed E-state index contributed by atoms with van der Waals surface area (Å²) in [6.45, 7) is 2.59.